The van der Waals surface area contributed by atoms with Gasteiger partial charge in [0.25, 0.3) is 0 Å². The molecule has 88 valence electrons. The monoisotopic (exact) mass is 230 g/mol. The fraction of sp³-hybridized carbons (Fsp3) is 0.417. The summed E-state index contributed by atoms with van der Waals surface area (Å²) in [6, 6.07) is 2.39. The number of fused-ring (bicyclic) bond motifs is 1. The molecule has 1 aliphatic rings. The van der Waals surface area contributed by atoms with Gasteiger partial charge in [-0.1, -0.05) is 0 Å². The molecule has 5 heteroatoms. The van der Waals surface area contributed by atoms with Gasteiger partial charge in [0.15, 0.2) is 0 Å². The van der Waals surface area contributed by atoms with Crippen LogP contribution in [-0.4, -0.2) is 38.4 Å². The zero-order valence-corrected chi connectivity index (χ0v) is 9.92. The van der Waals surface area contributed by atoms with Crippen molar-refractivity contribution in [1.82, 2.24) is 19.4 Å². The Morgan fingerprint density at radius 2 is 2.18 bits per heavy atom. The van der Waals surface area contributed by atoms with E-state index in [-0.39, 0.29) is 5.91 Å². The first kappa shape index (κ1) is 10.3. The molecule has 0 atom stereocenters. The molecule has 3 rings (SSSR count). The average Bonchev–Trinajstić information content (AvgIpc) is 2.59. The standard InChI is InChI=1S/C12H14N4O/c1-8-3-12-11(4-13-8)14-7-16(12)10-5-15(6-10)9(2)17/h3-4,7,10H,5-6H2,1-2H3. The van der Waals surface area contributed by atoms with Crippen molar-refractivity contribution in [2.45, 2.75) is 19.9 Å². The first-order chi connectivity index (χ1) is 8.15. The van der Waals surface area contributed by atoms with E-state index in [4.69, 9.17) is 0 Å². The fourth-order valence-electron chi connectivity index (χ4n) is 2.21. The van der Waals surface area contributed by atoms with Gasteiger partial charge in [-0.2, -0.15) is 0 Å². The molecule has 1 fully saturated rings. The molecule has 3 heterocycles. The van der Waals surface area contributed by atoms with Gasteiger partial charge in [-0.25, -0.2) is 4.98 Å². The van der Waals surface area contributed by atoms with Crippen LogP contribution in [0, 0.1) is 6.92 Å². The number of amides is 1. The second-order valence-electron chi connectivity index (χ2n) is 4.54. The van der Waals surface area contributed by atoms with Crippen LogP contribution >= 0.6 is 0 Å². The summed E-state index contributed by atoms with van der Waals surface area (Å²) in [7, 11) is 0. The van der Waals surface area contributed by atoms with Crippen molar-refractivity contribution in [3.63, 3.8) is 0 Å². The molecular weight excluding hydrogens is 216 g/mol. The predicted molar refractivity (Wildman–Crippen MR) is 63.6 cm³/mol. The minimum atomic E-state index is 0.142. The molecule has 5 nitrogen and oxygen atoms in total. The van der Waals surface area contributed by atoms with Gasteiger partial charge in [0.05, 0.1) is 24.1 Å². The Bertz CT molecular complexity index is 583. The van der Waals surface area contributed by atoms with Crippen LogP contribution in [0.2, 0.25) is 0 Å². The third kappa shape index (κ3) is 1.58. The first-order valence-corrected chi connectivity index (χ1v) is 5.70. The van der Waals surface area contributed by atoms with Crippen molar-refractivity contribution in [1.29, 1.82) is 0 Å². The summed E-state index contributed by atoms with van der Waals surface area (Å²) in [5.41, 5.74) is 3.00. The highest BCUT2D eigenvalue weighted by Gasteiger charge is 2.30. The number of carbonyl (C=O) groups is 1. The van der Waals surface area contributed by atoms with Crippen LogP contribution in [0.15, 0.2) is 18.6 Å². The Morgan fingerprint density at radius 3 is 2.88 bits per heavy atom. The third-order valence-electron chi connectivity index (χ3n) is 3.30. The Hall–Kier alpha value is -1.91. The maximum absolute atomic E-state index is 11.1. The van der Waals surface area contributed by atoms with Crippen LogP contribution < -0.4 is 0 Å². The van der Waals surface area contributed by atoms with E-state index >= 15 is 0 Å². The molecule has 0 unspecified atom stereocenters. The molecule has 1 aliphatic heterocycles. The largest absolute Gasteiger partial charge is 0.339 e. The maximum atomic E-state index is 11.1. The molecule has 0 N–H and O–H groups in total. The SMILES string of the molecule is CC(=O)N1CC(n2cnc3cnc(C)cc32)C1. The lowest BCUT2D eigenvalue weighted by Crippen LogP contribution is -2.49. The summed E-state index contributed by atoms with van der Waals surface area (Å²) in [5.74, 6) is 0.142. The number of rotatable bonds is 1. The van der Waals surface area contributed by atoms with E-state index in [1.54, 1.807) is 13.1 Å². The number of hydrogen-bond acceptors (Lipinski definition) is 3. The van der Waals surface area contributed by atoms with Gasteiger partial charge in [-0.15, -0.1) is 0 Å². The molecule has 2 aromatic rings. The van der Waals surface area contributed by atoms with E-state index in [1.807, 2.05) is 24.2 Å². The molecular formula is C12H14N4O. The lowest BCUT2D eigenvalue weighted by molar-refractivity contribution is -0.134. The highest BCUT2D eigenvalue weighted by Crippen LogP contribution is 2.25. The molecule has 0 spiro atoms. The Kier molecular flexibility index (Phi) is 2.14. The Balaban J connectivity index is 1.92. The molecule has 1 saturated heterocycles. The van der Waals surface area contributed by atoms with Gasteiger partial charge in [0.1, 0.15) is 5.52 Å². The second-order valence-corrected chi connectivity index (χ2v) is 4.54. The number of nitrogens with zero attached hydrogens (tertiary/aromatic N) is 4. The van der Waals surface area contributed by atoms with Crippen molar-refractivity contribution in [3.8, 4) is 0 Å². The molecule has 0 radical (unpaired) electrons. The van der Waals surface area contributed by atoms with Gasteiger partial charge in [0, 0.05) is 25.7 Å². The number of imidazole rings is 1. The van der Waals surface area contributed by atoms with E-state index < -0.39 is 0 Å². The summed E-state index contributed by atoms with van der Waals surface area (Å²) < 4.78 is 2.14. The van der Waals surface area contributed by atoms with Gasteiger partial charge < -0.3 is 9.47 Å². The predicted octanol–water partition coefficient (Wildman–Crippen LogP) is 1.14. The highest BCUT2D eigenvalue weighted by atomic mass is 16.2. The van der Waals surface area contributed by atoms with E-state index in [1.165, 1.54) is 0 Å². The van der Waals surface area contributed by atoms with E-state index in [0.717, 1.165) is 29.8 Å². The molecule has 0 saturated carbocycles. The normalized spacial score (nSPS) is 16.2. The average molecular weight is 230 g/mol. The van der Waals surface area contributed by atoms with Crippen LogP contribution in [0.1, 0.15) is 18.7 Å². The number of likely N-dealkylation sites (tertiary alicyclic amines) is 1. The minimum absolute atomic E-state index is 0.142. The molecule has 17 heavy (non-hydrogen) atoms. The number of aryl methyl sites for hydroxylation is 1. The minimum Gasteiger partial charge on any atom is -0.339 e. The van der Waals surface area contributed by atoms with Gasteiger partial charge >= 0.3 is 0 Å². The van der Waals surface area contributed by atoms with Crippen LogP contribution in [0.25, 0.3) is 11.0 Å². The van der Waals surface area contributed by atoms with Gasteiger partial charge in [-0.3, -0.25) is 9.78 Å². The lowest BCUT2D eigenvalue weighted by atomic mass is 10.1. The van der Waals surface area contributed by atoms with Crippen molar-refractivity contribution >= 4 is 16.9 Å². The topological polar surface area (TPSA) is 51.0 Å². The maximum Gasteiger partial charge on any atom is 0.219 e. The summed E-state index contributed by atoms with van der Waals surface area (Å²) in [4.78, 5) is 21.5. The smallest absolute Gasteiger partial charge is 0.219 e. The molecule has 1 amide bonds. The van der Waals surface area contributed by atoms with Crippen molar-refractivity contribution in [2.75, 3.05) is 13.1 Å². The number of hydrogen-bond donors (Lipinski definition) is 0. The van der Waals surface area contributed by atoms with Crippen LogP contribution in [0.3, 0.4) is 0 Å². The summed E-state index contributed by atoms with van der Waals surface area (Å²) >= 11 is 0. The van der Waals surface area contributed by atoms with E-state index in [2.05, 4.69) is 14.5 Å². The second kappa shape index (κ2) is 3.55. The quantitative estimate of drug-likeness (QED) is 0.738. The number of carbonyl (C=O) groups excluding carboxylic acids is 1. The third-order valence-corrected chi connectivity index (χ3v) is 3.30. The van der Waals surface area contributed by atoms with Gasteiger partial charge in [-0.05, 0) is 13.0 Å². The van der Waals surface area contributed by atoms with E-state index in [9.17, 15) is 4.79 Å². The van der Waals surface area contributed by atoms with Crippen LogP contribution in [-0.2, 0) is 4.79 Å². The highest BCUT2D eigenvalue weighted by molar-refractivity contribution is 5.76. The van der Waals surface area contributed by atoms with Crippen molar-refractivity contribution < 1.29 is 4.79 Å². The van der Waals surface area contributed by atoms with Crippen molar-refractivity contribution in [3.05, 3.63) is 24.3 Å². The summed E-state index contributed by atoms with van der Waals surface area (Å²) in [6.07, 6.45) is 3.64. The van der Waals surface area contributed by atoms with Crippen molar-refractivity contribution in [2.24, 2.45) is 0 Å². The Morgan fingerprint density at radius 1 is 1.41 bits per heavy atom. The Labute approximate surface area is 99.1 Å². The fourth-order valence-corrected chi connectivity index (χ4v) is 2.21. The van der Waals surface area contributed by atoms with Crippen LogP contribution in [0.4, 0.5) is 0 Å². The number of aromatic nitrogens is 3. The molecule has 0 aromatic carbocycles. The number of pyridine rings is 1. The van der Waals surface area contributed by atoms with Gasteiger partial charge in [0.2, 0.25) is 5.91 Å². The molecule has 0 aliphatic carbocycles. The van der Waals surface area contributed by atoms with E-state index in [0.29, 0.717) is 6.04 Å². The molecule has 0 bridgehead atoms. The summed E-state index contributed by atoms with van der Waals surface area (Å²) in [5, 5.41) is 0. The zero-order valence-electron chi connectivity index (χ0n) is 9.92. The summed E-state index contributed by atoms with van der Waals surface area (Å²) in [6.45, 7) is 5.14. The molecule has 2 aromatic heterocycles. The first-order valence-electron chi connectivity index (χ1n) is 5.70. The van der Waals surface area contributed by atoms with Crippen LogP contribution in [0.5, 0.6) is 0 Å². The lowest BCUT2D eigenvalue weighted by Gasteiger charge is -2.39. The zero-order chi connectivity index (χ0) is 12.0.